The van der Waals surface area contributed by atoms with Crippen LogP contribution in [0.5, 0.6) is 0 Å². The highest BCUT2D eigenvalue weighted by atomic mass is 32.2. The van der Waals surface area contributed by atoms with Crippen LogP contribution in [0.4, 0.5) is 9.18 Å². The fraction of sp³-hybridized carbons (Fsp3) is 0.536. The Morgan fingerprint density at radius 3 is 2.45 bits per heavy atom. The van der Waals surface area contributed by atoms with Crippen LogP contribution in [-0.2, 0) is 30.8 Å². The molecule has 1 saturated heterocycles. The molecule has 38 heavy (non-hydrogen) atoms. The Kier molecular flexibility index (Phi) is 9.75. The molecule has 1 aliphatic carbocycles. The van der Waals surface area contributed by atoms with E-state index in [9.17, 15) is 17.6 Å². The summed E-state index contributed by atoms with van der Waals surface area (Å²) in [6, 6.07) is 14.7. The zero-order valence-corrected chi connectivity index (χ0v) is 22.7. The molecule has 208 valence electrons. The van der Waals surface area contributed by atoms with E-state index in [1.165, 1.54) is 6.07 Å². The molecule has 2 aromatic carbocycles. The summed E-state index contributed by atoms with van der Waals surface area (Å²) >= 11 is 0. The molecule has 8 nitrogen and oxygen atoms in total. The van der Waals surface area contributed by atoms with Gasteiger partial charge < -0.3 is 14.2 Å². The number of carbonyl (C=O) groups is 1. The molecule has 0 radical (unpaired) electrons. The predicted molar refractivity (Wildman–Crippen MR) is 142 cm³/mol. The van der Waals surface area contributed by atoms with Crippen LogP contribution in [-0.4, -0.2) is 70.2 Å². The maximum Gasteiger partial charge on any atom is 0.410 e. The standard InChI is InChI=1S/C28H37FN2O6S/c1-35-18-24-16-26(30-38(2,33)34)27(31(24)28(32)37-17-20-7-4-3-5-8-20)19-36-25-13-11-21(12-14-25)22-9-6-10-23(29)15-22/h3-10,15,21,24-27,30H,11-14,16-19H2,1-2H3/t21?,24-,25?,26-,27-/m0/s1. The molecule has 2 aromatic rings. The number of rotatable bonds is 10. The Hall–Kier alpha value is -2.53. The smallest absolute Gasteiger partial charge is 0.410 e. The molecule has 1 N–H and O–H groups in total. The SMILES string of the molecule is COC[C@@H]1C[C@H](NS(C)(=O)=O)[C@H](COC2CCC(c3cccc(F)c3)CC2)N1C(=O)OCc1ccccc1. The van der Waals surface area contributed by atoms with Crippen LogP contribution in [0.2, 0.25) is 0 Å². The highest BCUT2D eigenvalue weighted by Gasteiger charge is 2.46. The van der Waals surface area contributed by atoms with Crippen LogP contribution in [0, 0.1) is 5.82 Å². The van der Waals surface area contributed by atoms with E-state index in [0.717, 1.165) is 43.1 Å². The van der Waals surface area contributed by atoms with E-state index in [0.29, 0.717) is 6.42 Å². The quantitative estimate of drug-likeness (QED) is 0.478. The highest BCUT2D eigenvalue weighted by Crippen LogP contribution is 2.35. The lowest BCUT2D eigenvalue weighted by Gasteiger charge is -2.33. The molecule has 0 spiro atoms. The minimum atomic E-state index is -3.52. The van der Waals surface area contributed by atoms with E-state index < -0.39 is 28.2 Å². The molecular weight excluding hydrogens is 511 g/mol. The van der Waals surface area contributed by atoms with Crippen LogP contribution >= 0.6 is 0 Å². The first kappa shape index (κ1) is 28.5. The molecule has 0 unspecified atom stereocenters. The first-order valence-corrected chi connectivity index (χ1v) is 14.9. The molecule has 10 heteroatoms. The second-order valence-electron chi connectivity index (χ2n) is 10.2. The van der Waals surface area contributed by atoms with Crippen LogP contribution in [0.25, 0.3) is 0 Å². The minimum absolute atomic E-state index is 0.0256. The number of nitrogens with zero attached hydrogens (tertiary/aromatic N) is 1. The number of hydrogen-bond donors (Lipinski definition) is 1. The summed E-state index contributed by atoms with van der Waals surface area (Å²) in [7, 11) is -1.97. The molecule has 0 aromatic heterocycles. The maximum absolute atomic E-state index is 13.7. The summed E-state index contributed by atoms with van der Waals surface area (Å²) in [6.45, 7) is 0.526. The van der Waals surface area contributed by atoms with Gasteiger partial charge in [-0.1, -0.05) is 42.5 Å². The fourth-order valence-electron chi connectivity index (χ4n) is 5.60. The van der Waals surface area contributed by atoms with Crippen LogP contribution in [0.1, 0.15) is 49.1 Å². The molecule has 1 heterocycles. The summed E-state index contributed by atoms with van der Waals surface area (Å²) in [6.07, 6.45) is 4.30. The fourth-order valence-corrected chi connectivity index (χ4v) is 6.41. The predicted octanol–water partition coefficient (Wildman–Crippen LogP) is 4.21. The van der Waals surface area contributed by atoms with Crippen molar-refractivity contribution in [2.24, 2.45) is 0 Å². The summed E-state index contributed by atoms with van der Waals surface area (Å²) in [4.78, 5) is 14.9. The van der Waals surface area contributed by atoms with Crippen molar-refractivity contribution in [2.75, 3.05) is 26.6 Å². The van der Waals surface area contributed by atoms with Gasteiger partial charge >= 0.3 is 6.09 Å². The van der Waals surface area contributed by atoms with E-state index in [2.05, 4.69) is 4.72 Å². The van der Waals surface area contributed by atoms with E-state index >= 15 is 0 Å². The van der Waals surface area contributed by atoms with Gasteiger partial charge in [0, 0.05) is 13.2 Å². The van der Waals surface area contributed by atoms with Crippen molar-refractivity contribution in [1.29, 1.82) is 0 Å². The second-order valence-corrected chi connectivity index (χ2v) is 12.0. The van der Waals surface area contributed by atoms with E-state index in [-0.39, 0.29) is 43.7 Å². The van der Waals surface area contributed by atoms with Gasteiger partial charge in [-0.05, 0) is 61.3 Å². The third-order valence-corrected chi connectivity index (χ3v) is 8.11. The number of halogens is 1. The van der Waals surface area contributed by atoms with Crippen molar-refractivity contribution in [3.8, 4) is 0 Å². The number of ether oxygens (including phenoxy) is 3. The van der Waals surface area contributed by atoms with Gasteiger partial charge in [0.25, 0.3) is 0 Å². The molecule has 4 rings (SSSR count). The average Bonchev–Trinajstić information content (AvgIpc) is 3.22. The van der Waals surface area contributed by atoms with Crippen molar-refractivity contribution in [1.82, 2.24) is 9.62 Å². The van der Waals surface area contributed by atoms with Crippen molar-refractivity contribution >= 4 is 16.1 Å². The van der Waals surface area contributed by atoms with Gasteiger partial charge in [0.15, 0.2) is 0 Å². The molecule has 3 atom stereocenters. The maximum atomic E-state index is 13.7. The minimum Gasteiger partial charge on any atom is -0.445 e. The number of likely N-dealkylation sites (tertiary alicyclic amines) is 1. The van der Waals surface area contributed by atoms with Gasteiger partial charge in [0.2, 0.25) is 10.0 Å². The molecule has 1 aliphatic heterocycles. The topological polar surface area (TPSA) is 94.2 Å². The highest BCUT2D eigenvalue weighted by molar-refractivity contribution is 7.88. The zero-order chi connectivity index (χ0) is 27.1. The third-order valence-electron chi connectivity index (χ3n) is 7.38. The first-order chi connectivity index (χ1) is 18.2. The Labute approximate surface area is 224 Å². The number of sulfonamides is 1. The Morgan fingerprint density at radius 1 is 1.05 bits per heavy atom. The Morgan fingerprint density at radius 2 is 1.79 bits per heavy atom. The van der Waals surface area contributed by atoms with E-state index in [4.69, 9.17) is 14.2 Å². The summed E-state index contributed by atoms with van der Waals surface area (Å²) < 4.78 is 57.9. The molecule has 0 bridgehead atoms. The van der Waals surface area contributed by atoms with Gasteiger partial charge in [-0.25, -0.2) is 22.3 Å². The van der Waals surface area contributed by atoms with Gasteiger partial charge in [-0.2, -0.15) is 0 Å². The number of methoxy groups -OCH3 is 1. The van der Waals surface area contributed by atoms with Crippen LogP contribution < -0.4 is 4.72 Å². The number of nitrogens with one attached hydrogen (secondary N) is 1. The monoisotopic (exact) mass is 548 g/mol. The number of amides is 1. The average molecular weight is 549 g/mol. The van der Waals surface area contributed by atoms with Crippen molar-refractivity contribution in [3.63, 3.8) is 0 Å². The second kappa shape index (κ2) is 13.0. The van der Waals surface area contributed by atoms with Gasteiger partial charge in [0.05, 0.1) is 37.7 Å². The third kappa shape index (κ3) is 7.75. The van der Waals surface area contributed by atoms with Crippen LogP contribution in [0.3, 0.4) is 0 Å². The van der Waals surface area contributed by atoms with Gasteiger partial charge in [-0.15, -0.1) is 0 Å². The molecule has 2 aliphatic rings. The normalized spacial score (nSPS) is 25.9. The molecule has 1 amide bonds. The van der Waals surface area contributed by atoms with E-state index in [1.807, 2.05) is 36.4 Å². The van der Waals surface area contributed by atoms with Gasteiger partial charge in [-0.3, -0.25) is 4.90 Å². The molecule has 1 saturated carbocycles. The molecule has 2 fully saturated rings. The summed E-state index contributed by atoms with van der Waals surface area (Å²) in [5.41, 5.74) is 1.86. The Bertz CT molecular complexity index is 1160. The lowest BCUT2D eigenvalue weighted by molar-refractivity contribution is -0.0161. The summed E-state index contributed by atoms with van der Waals surface area (Å²) in [5.74, 6) is 0.0589. The first-order valence-electron chi connectivity index (χ1n) is 13.1. The largest absolute Gasteiger partial charge is 0.445 e. The zero-order valence-electron chi connectivity index (χ0n) is 21.9. The number of benzene rings is 2. The Balaban J connectivity index is 1.42. The number of hydrogen-bond acceptors (Lipinski definition) is 6. The lowest BCUT2D eigenvalue weighted by atomic mass is 9.82. The van der Waals surface area contributed by atoms with Crippen molar-refractivity contribution in [2.45, 2.75) is 68.9 Å². The van der Waals surface area contributed by atoms with Crippen LogP contribution in [0.15, 0.2) is 54.6 Å². The lowest BCUT2D eigenvalue weighted by Crippen LogP contribution is -2.51. The van der Waals surface area contributed by atoms with Crippen molar-refractivity contribution in [3.05, 3.63) is 71.5 Å². The van der Waals surface area contributed by atoms with Crippen molar-refractivity contribution < 1.29 is 31.8 Å². The number of carbonyl (C=O) groups excluding carboxylic acids is 1. The van der Waals surface area contributed by atoms with E-state index in [1.54, 1.807) is 24.1 Å². The summed E-state index contributed by atoms with van der Waals surface area (Å²) in [5, 5.41) is 0. The van der Waals surface area contributed by atoms with Gasteiger partial charge in [0.1, 0.15) is 12.4 Å². The molecular formula is C28H37FN2O6S.